The fourth-order valence-electron chi connectivity index (χ4n) is 3.37. The van der Waals surface area contributed by atoms with Crippen molar-refractivity contribution in [3.63, 3.8) is 0 Å². The molecule has 0 radical (unpaired) electrons. The molecule has 0 spiro atoms. The van der Waals surface area contributed by atoms with Gasteiger partial charge in [0, 0.05) is 23.6 Å². The SMILES string of the molecule is C=S1C(=O)NC(=O)C1c1cccc2c1ccn2Cc1ccc(C(F)(F)F)cc1. The monoisotopic (exact) mass is 404 g/mol. The van der Waals surface area contributed by atoms with Crippen molar-refractivity contribution in [2.45, 2.75) is 18.0 Å². The number of hydrogen-bond donors (Lipinski definition) is 1. The summed E-state index contributed by atoms with van der Waals surface area (Å²) >= 11 is 0. The average molecular weight is 404 g/mol. The molecule has 8 heteroatoms. The van der Waals surface area contributed by atoms with E-state index in [0.717, 1.165) is 34.2 Å². The molecule has 4 nitrogen and oxygen atoms in total. The smallest absolute Gasteiger partial charge is 0.343 e. The lowest BCUT2D eigenvalue weighted by Crippen LogP contribution is -2.20. The maximum Gasteiger partial charge on any atom is 0.416 e. The predicted octanol–water partition coefficient (Wildman–Crippen LogP) is 4.70. The van der Waals surface area contributed by atoms with E-state index in [1.54, 1.807) is 12.1 Å². The van der Waals surface area contributed by atoms with E-state index in [1.807, 2.05) is 22.9 Å². The van der Waals surface area contributed by atoms with Gasteiger partial charge in [-0.05, 0) is 35.4 Å². The second-order valence-corrected chi connectivity index (χ2v) is 8.20. The molecule has 2 aromatic carbocycles. The first kappa shape index (κ1) is 18.5. The van der Waals surface area contributed by atoms with Crippen LogP contribution in [-0.4, -0.2) is 21.6 Å². The number of halogens is 3. The summed E-state index contributed by atoms with van der Waals surface area (Å²) in [5.41, 5.74) is 1.60. The van der Waals surface area contributed by atoms with Gasteiger partial charge in [0.2, 0.25) is 5.91 Å². The number of hydrogen-bond acceptors (Lipinski definition) is 2. The molecule has 28 heavy (non-hydrogen) atoms. The van der Waals surface area contributed by atoms with Crippen molar-refractivity contribution < 1.29 is 22.8 Å². The lowest BCUT2D eigenvalue weighted by atomic mass is 10.1. The molecule has 2 heterocycles. The number of nitrogens with zero attached hydrogens (tertiary/aromatic N) is 1. The van der Waals surface area contributed by atoms with Gasteiger partial charge in [-0.1, -0.05) is 40.6 Å². The summed E-state index contributed by atoms with van der Waals surface area (Å²) in [5, 5.41) is 2.15. The van der Waals surface area contributed by atoms with Gasteiger partial charge in [-0.2, -0.15) is 13.2 Å². The van der Waals surface area contributed by atoms with E-state index in [9.17, 15) is 22.8 Å². The number of carbonyl (C=O) groups excluding carboxylic acids is 2. The van der Waals surface area contributed by atoms with Crippen LogP contribution < -0.4 is 5.32 Å². The first-order chi connectivity index (χ1) is 13.3. The van der Waals surface area contributed by atoms with Crippen LogP contribution in [0, 0.1) is 0 Å². The Morgan fingerprint density at radius 1 is 1.07 bits per heavy atom. The number of imide groups is 1. The number of fused-ring (bicyclic) bond motifs is 1. The van der Waals surface area contributed by atoms with Gasteiger partial charge in [-0.25, -0.2) is 0 Å². The summed E-state index contributed by atoms with van der Waals surface area (Å²) in [7, 11) is -0.998. The minimum atomic E-state index is -4.36. The summed E-state index contributed by atoms with van der Waals surface area (Å²) in [6.45, 7) is 0.386. The van der Waals surface area contributed by atoms with Gasteiger partial charge >= 0.3 is 6.18 Å². The van der Waals surface area contributed by atoms with E-state index in [0.29, 0.717) is 6.54 Å². The zero-order valence-electron chi connectivity index (χ0n) is 14.5. The zero-order valence-corrected chi connectivity index (χ0v) is 15.3. The van der Waals surface area contributed by atoms with Crippen LogP contribution in [0.1, 0.15) is 21.9 Å². The molecule has 0 aliphatic carbocycles. The Balaban J connectivity index is 1.68. The molecule has 0 saturated carbocycles. The van der Waals surface area contributed by atoms with Crippen molar-refractivity contribution in [2.24, 2.45) is 0 Å². The molecule has 2 atom stereocenters. The Labute approximate surface area is 160 Å². The fourth-order valence-corrected chi connectivity index (χ4v) is 4.65. The van der Waals surface area contributed by atoms with E-state index in [-0.39, 0.29) is 11.1 Å². The molecule has 1 N–H and O–H groups in total. The number of aromatic nitrogens is 1. The van der Waals surface area contributed by atoms with Gasteiger partial charge in [0.05, 0.1) is 5.56 Å². The molecule has 1 aliphatic rings. The Hall–Kier alpha value is -2.87. The minimum Gasteiger partial charge on any atom is -0.343 e. The maximum absolute atomic E-state index is 12.7. The van der Waals surface area contributed by atoms with Crippen LogP contribution in [0.15, 0.2) is 54.7 Å². The van der Waals surface area contributed by atoms with Crippen LogP contribution in [0.5, 0.6) is 0 Å². The molecule has 1 fully saturated rings. The largest absolute Gasteiger partial charge is 0.416 e. The van der Waals surface area contributed by atoms with E-state index in [4.69, 9.17) is 0 Å². The van der Waals surface area contributed by atoms with Crippen molar-refractivity contribution in [2.75, 3.05) is 0 Å². The summed E-state index contributed by atoms with van der Waals surface area (Å²) in [4.78, 5) is 24.0. The summed E-state index contributed by atoms with van der Waals surface area (Å²) < 4.78 is 40.1. The third-order valence-corrected chi connectivity index (χ3v) is 6.37. The van der Waals surface area contributed by atoms with Gasteiger partial charge in [-0.3, -0.25) is 14.9 Å². The zero-order chi connectivity index (χ0) is 20.1. The predicted molar refractivity (Wildman–Crippen MR) is 103 cm³/mol. The molecule has 1 saturated heterocycles. The van der Waals surface area contributed by atoms with Gasteiger partial charge in [-0.15, -0.1) is 0 Å². The summed E-state index contributed by atoms with van der Waals surface area (Å²) in [6.07, 6.45) is -2.54. The molecule has 144 valence electrons. The second-order valence-electron chi connectivity index (χ2n) is 6.50. The highest BCUT2D eigenvalue weighted by molar-refractivity contribution is 8.28. The molecule has 1 aromatic heterocycles. The highest BCUT2D eigenvalue weighted by atomic mass is 32.2. The number of carbonyl (C=O) groups is 2. The molecule has 4 rings (SSSR count). The van der Waals surface area contributed by atoms with Crippen LogP contribution in [0.4, 0.5) is 18.0 Å². The van der Waals surface area contributed by atoms with E-state index in [2.05, 4.69) is 11.2 Å². The Morgan fingerprint density at radius 3 is 2.39 bits per heavy atom. The van der Waals surface area contributed by atoms with E-state index < -0.39 is 27.5 Å². The standard InChI is InChI=1S/C20H15F3N2O2S/c1-28-17(18(26)24-19(28)27)15-3-2-4-16-14(15)9-10-25(16)11-12-5-7-13(8-6-12)20(21,22)23/h2-10,17H,1,11H2,(H,24,26,27). The number of alkyl halides is 3. The van der Waals surface area contributed by atoms with Crippen LogP contribution in [-0.2, 0) is 17.5 Å². The molecular formula is C20H15F3N2O2S. The van der Waals surface area contributed by atoms with Crippen LogP contribution in [0.2, 0.25) is 0 Å². The second kappa shape index (κ2) is 6.63. The highest BCUT2D eigenvalue weighted by Gasteiger charge is 2.36. The minimum absolute atomic E-state index is 0.355. The molecule has 2 unspecified atom stereocenters. The van der Waals surface area contributed by atoms with Gasteiger partial charge in [0.1, 0.15) is 5.25 Å². The van der Waals surface area contributed by atoms with Gasteiger partial charge in [0.15, 0.2) is 0 Å². The number of nitrogens with one attached hydrogen (secondary N) is 1. The van der Waals surface area contributed by atoms with Crippen LogP contribution >= 0.6 is 10.5 Å². The first-order valence-corrected chi connectivity index (χ1v) is 9.83. The van der Waals surface area contributed by atoms with E-state index in [1.165, 1.54) is 12.1 Å². The maximum atomic E-state index is 12.7. The molecule has 0 bridgehead atoms. The molecule has 3 aromatic rings. The average Bonchev–Trinajstić information content (AvgIpc) is 3.16. The van der Waals surface area contributed by atoms with Crippen molar-refractivity contribution >= 4 is 38.4 Å². The lowest BCUT2D eigenvalue weighted by Gasteiger charge is -2.12. The topological polar surface area (TPSA) is 51.1 Å². The van der Waals surface area contributed by atoms with Crippen molar-refractivity contribution in [1.29, 1.82) is 0 Å². The van der Waals surface area contributed by atoms with Crippen LogP contribution in [0.25, 0.3) is 10.9 Å². The Bertz CT molecular complexity index is 1120. The number of amides is 2. The number of benzene rings is 2. The first-order valence-electron chi connectivity index (χ1n) is 8.37. The number of rotatable bonds is 3. The van der Waals surface area contributed by atoms with Crippen molar-refractivity contribution in [1.82, 2.24) is 9.88 Å². The Kier molecular flexibility index (Phi) is 4.38. The molecular weight excluding hydrogens is 389 g/mol. The Morgan fingerprint density at radius 2 is 1.79 bits per heavy atom. The molecule has 2 amide bonds. The lowest BCUT2D eigenvalue weighted by molar-refractivity contribution is -0.137. The van der Waals surface area contributed by atoms with Gasteiger partial charge in [0.25, 0.3) is 5.24 Å². The fraction of sp³-hybridized carbons (Fsp3) is 0.150. The normalized spacial score (nSPS) is 20.0. The summed E-state index contributed by atoms with van der Waals surface area (Å²) in [6, 6.07) is 12.4. The van der Waals surface area contributed by atoms with E-state index >= 15 is 0 Å². The van der Waals surface area contributed by atoms with Crippen LogP contribution in [0.3, 0.4) is 0 Å². The summed E-state index contributed by atoms with van der Waals surface area (Å²) in [5.74, 6) is 3.48. The highest BCUT2D eigenvalue weighted by Crippen LogP contribution is 2.42. The van der Waals surface area contributed by atoms with Gasteiger partial charge < -0.3 is 4.57 Å². The van der Waals surface area contributed by atoms with Crippen molar-refractivity contribution in [3.8, 4) is 0 Å². The quantitative estimate of drug-likeness (QED) is 0.644. The third-order valence-electron chi connectivity index (χ3n) is 4.75. The molecule has 1 aliphatic heterocycles. The van der Waals surface area contributed by atoms with Crippen molar-refractivity contribution in [3.05, 3.63) is 71.4 Å². The third kappa shape index (κ3) is 3.13.